The number of carbonyl (C=O) groups is 1. The number of carbonyl (C=O) groups excluding carboxylic acids is 1. The summed E-state index contributed by atoms with van der Waals surface area (Å²) in [6, 6.07) is 14.6. The number of aliphatic imine (C=N–C) groups is 1. The monoisotopic (exact) mass is 318 g/mol. The first-order chi connectivity index (χ1) is 11.4. The Balaban J connectivity index is 1.88. The molecule has 120 valence electrons. The average Bonchev–Trinajstić information content (AvgIpc) is 2.84. The van der Waals surface area contributed by atoms with E-state index in [-0.39, 0.29) is 17.7 Å². The van der Waals surface area contributed by atoms with E-state index in [2.05, 4.69) is 6.07 Å². The van der Waals surface area contributed by atoms with E-state index in [1.165, 1.54) is 0 Å². The van der Waals surface area contributed by atoms with Crippen molar-refractivity contribution >= 4 is 11.5 Å². The lowest BCUT2D eigenvalue weighted by molar-refractivity contribution is 0.100. The van der Waals surface area contributed by atoms with E-state index in [0.717, 1.165) is 22.6 Å². The molecule has 1 aliphatic rings. The smallest absolute Gasteiger partial charge is 0.168 e. The summed E-state index contributed by atoms with van der Waals surface area (Å²) in [6.07, 6.45) is 0.245. The molecule has 0 aliphatic carbocycles. The summed E-state index contributed by atoms with van der Waals surface area (Å²) in [5, 5.41) is 8.84. The maximum atomic E-state index is 12.6. The standard InChI is InChI=1S/C20H18N2O2/c1-20(2)17-10-15(24-3)8-9-16(17)18(22-20)11-19(23)14-6-4-13(12-21)5-7-14/h4-10H,11H2,1-3H3. The second kappa shape index (κ2) is 5.93. The summed E-state index contributed by atoms with van der Waals surface area (Å²) >= 11 is 0. The van der Waals surface area contributed by atoms with Crippen LogP contribution in [0.4, 0.5) is 0 Å². The Morgan fingerprint density at radius 2 is 1.92 bits per heavy atom. The van der Waals surface area contributed by atoms with Crippen molar-refractivity contribution < 1.29 is 9.53 Å². The molecule has 4 nitrogen and oxygen atoms in total. The van der Waals surface area contributed by atoms with Crippen molar-refractivity contribution in [2.45, 2.75) is 25.8 Å². The number of ketones is 1. The molecule has 24 heavy (non-hydrogen) atoms. The molecule has 0 spiro atoms. The van der Waals surface area contributed by atoms with Gasteiger partial charge in [-0.3, -0.25) is 9.79 Å². The fourth-order valence-corrected chi connectivity index (χ4v) is 2.99. The summed E-state index contributed by atoms with van der Waals surface area (Å²) < 4.78 is 5.30. The molecular formula is C20H18N2O2. The largest absolute Gasteiger partial charge is 0.497 e. The Labute approximate surface area is 141 Å². The number of benzene rings is 2. The number of rotatable bonds is 4. The van der Waals surface area contributed by atoms with Crippen LogP contribution in [0.5, 0.6) is 5.75 Å². The van der Waals surface area contributed by atoms with Gasteiger partial charge < -0.3 is 4.74 Å². The predicted molar refractivity (Wildman–Crippen MR) is 92.7 cm³/mol. The Kier molecular flexibility index (Phi) is 3.94. The van der Waals surface area contributed by atoms with E-state index in [4.69, 9.17) is 15.0 Å². The SMILES string of the molecule is COc1ccc2c(c1)C(C)(C)N=C2CC(=O)c1ccc(C#N)cc1. The average molecular weight is 318 g/mol. The van der Waals surface area contributed by atoms with Crippen LogP contribution in [0.2, 0.25) is 0 Å². The van der Waals surface area contributed by atoms with Gasteiger partial charge in [-0.15, -0.1) is 0 Å². The topological polar surface area (TPSA) is 62.4 Å². The summed E-state index contributed by atoms with van der Waals surface area (Å²) in [4.78, 5) is 17.3. The van der Waals surface area contributed by atoms with Crippen molar-refractivity contribution in [3.63, 3.8) is 0 Å². The zero-order chi connectivity index (χ0) is 17.3. The van der Waals surface area contributed by atoms with E-state index in [9.17, 15) is 4.79 Å². The Morgan fingerprint density at radius 1 is 1.21 bits per heavy atom. The van der Waals surface area contributed by atoms with Crippen LogP contribution in [-0.2, 0) is 5.54 Å². The number of ether oxygens (including phenoxy) is 1. The molecule has 1 aliphatic heterocycles. The van der Waals surface area contributed by atoms with Gasteiger partial charge in [0.15, 0.2) is 5.78 Å². The predicted octanol–water partition coefficient (Wildman–Crippen LogP) is 3.88. The van der Waals surface area contributed by atoms with Crippen molar-refractivity contribution in [2.75, 3.05) is 7.11 Å². The number of nitrogens with zero attached hydrogens (tertiary/aromatic N) is 2. The minimum atomic E-state index is -0.371. The minimum Gasteiger partial charge on any atom is -0.497 e. The second-order valence-corrected chi connectivity index (χ2v) is 6.32. The molecule has 0 fully saturated rings. The molecule has 0 bridgehead atoms. The van der Waals surface area contributed by atoms with Gasteiger partial charge in [-0.05, 0) is 49.7 Å². The van der Waals surface area contributed by atoms with Gasteiger partial charge in [0.2, 0.25) is 0 Å². The fourth-order valence-electron chi connectivity index (χ4n) is 2.99. The van der Waals surface area contributed by atoms with Gasteiger partial charge in [-0.2, -0.15) is 5.26 Å². The molecule has 1 heterocycles. The van der Waals surface area contributed by atoms with Gasteiger partial charge in [0.1, 0.15) is 5.75 Å². The van der Waals surface area contributed by atoms with Crippen LogP contribution in [0.3, 0.4) is 0 Å². The molecule has 0 aromatic heterocycles. The van der Waals surface area contributed by atoms with Gasteiger partial charge in [0.05, 0.1) is 36.4 Å². The molecule has 0 saturated carbocycles. The van der Waals surface area contributed by atoms with Crippen LogP contribution < -0.4 is 4.74 Å². The molecule has 2 aromatic rings. The third kappa shape index (κ3) is 2.81. The van der Waals surface area contributed by atoms with E-state index in [0.29, 0.717) is 11.1 Å². The molecule has 2 aromatic carbocycles. The van der Waals surface area contributed by atoms with Crippen molar-refractivity contribution in [1.29, 1.82) is 5.26 Å². The lowest BCUT2D eigenvalue weighted by Gasteiger charge is -2.16. The normalized spacial score (nSPS) is 14.5. The van der Waals surface area contributed by atoms with Crippen molar-refractivity contribution in [3.8, 4) is 11.8 Å². The van der Waals surface area contributed by atoms with Crippen molar-refractivity contribution in [3.05, 3.63) is 64.7 Å². The van der Waals surface area contributed by atoms with Gasteiger partial charge in [-0.1, -0.05) is 12.1 Å². The highest BCUT2D eigenvalue weighted by molar-refractivity contribution is 6.17. The number of hydrogen-bond donors (Lipinski definition) is 0. The quantitative estimate of drug-likeness (QED) is 0.804. The first-order valence-corrected chi connectivity index (χ1v) is 7.75. The Morgan fingerprint density at radius 3 is 2.54 bits per heavy atom. The lowest BCUT2D eigenvalue weighted by Crippen LogP contribution is -2.10. The summed E-state index contributed by atoms with van der Waals surface area (Å²) in [6.45, 7) is 4.06. The zero-order valence-corrected chi connectivity index (χ0v) is 14.0. The fraction of sp³-hybridized carbons (Fsp3) is 0.250. The number of fused-ring (bicyclic) bond motifs is 1. The molecule has 4 heteroatoms. The van der Waals surface area contributed by atoms with Gasteiger partial charge >= 0.3 is 0 Å². The maximum absolute atomic E-state index is 12.6. The first kappa shape index (κ1) is 15.9. The highest BCUT2D eigenvalue weighted by Gasteiger charge is 2.32. The molecule has 0 unspecified atom stereocenters. The number of methoxy groups -OCH3 is 1. The Hall–Kier alpha value is -2.93. The first-order valence-electron chi connectivity index (χ1n) is 7.75. The minimum absolute atomic E-state index is 0.00212. The summed E-state index contributed by atoms with van der Waals surface area (Å²) in [7, 11) is 1.64. The number of hydrogen-bond acceptors (Lipinski definition) is 4. The van der Waals surface area contributed by atoms with Gasteiger partial charge in [0.25, 0.3) is 0 Å². The highest BCUT2D eigenvalue weighted by atomic mass is 16.5. The molecule has 0 atom stereocenters. The number of nitriles is 1. The Bertz CT molecular complexity index is 872. The van der Waals surface area contributed by atoms with Crippen LogP contribution in [0.15, 0.2) is 47.5 Å². The van der Waals surface area contributed by atoms with E-state index >= 15 is 0 Å². The summed E-state index contributed by atoms with van der Waals surface area (Å²) in [5.74, 6) is 0.786. The highest BCUT2D eigenvalue weighted by Crippen LogP contribution is 2.38. The van der Waals surface area contributed by atoms with Crippen LogP contribution in [-0.4, -0.2) is 18.6 Å². The van der Waals surface area contributed by atoms with E-state index < -0.39 is 0 Å². The lowest BCUT2D eigenvalue weighted by atomic mass is 9.91. The van der Waals surface area contributed by atoms with E-state index in [1.807, 2.05) is 32.0 Å². The molecular weight excluding hydrogens is 300 g/mol. The molecule has 0 amide bonds. The molecule has 3 rings (SSSR count). The van der Waals surface area contributed by atoms with Gasteiger partial charge in [0, 0.05) is 11.1 Å². The maximum Gasteiger partial charge on any atom is 0.168 e. The van der Waals surface area contributed by atoms with Crippen molar-refractivity contribution in [1.82, 2.24) is 0 Å². The van der Waals surface area contributed by atoms with Crippen LogP contribution in [0.1, 0.15) is 47.3 Å². The van der Waals surface area contributed by atoms with Gasteiger partial charge in [-0.25, -0.2) is 0 Å². The third-order valence-corrected chi connectivity index (χ3v) is 4.28. The van der Waals surface area contributed by atoms with Crippen LogP contribution in [0.25, 0.3) is 0 Å². The second-order valence-electron chi connectivity index (χ2n) is 6.32. The third-order valence-electron chi connectivity index (χ3n) is 4.28. The zero-order valence-electron chi connectivity index (χ0n) is 14.0. The van der Waals surface area contributed by atoms with Crippen LogP contribution >= 0.6 is 0 Å². The molecule has 0 saturated heterocycles. The summed E-state index contributed by atoms with van der Waals surface area (Å²) in [5.41, 5.74) is 3.64. The van der Waals surface area contributed by atoms with E-state index in [1.54, 1.807) is 31.4 Å². The number of Topliss-reactive ketones (excluding diaryl/α,β-unsaturated/α-hetero) is 1. The molecule has 0 radical (unpaired) electrons. The van der Waals surface area contributed by atoms with Crippen LogP contribution in [0, 0.1) is 11.3 Å². The van der Waals surface area contributed by atoms with Crippen molar-refractivity contribution in [2.24, 2.45) is 4.99 Å². The molecule has 0 N–H and O–H groups in total.